The van der Waals surface area contributed by atoms with E-state index in [9.17, 15) is 30.0 Å². The highest BCUT2D eigenvalue weighted by Gasteiger charge is 2.59. The minimum absolute atomic E-state index is 0.105. The van der Waals surface area contributed by atoms with Crippen molar-refractivity contribution >= 4 is 57.0 Å². The number of para-hydroxylation sites is 2. The standard InChI is InChI=1S/C28H44IN3O5.C27H39IN2O5/c1-16-20-12-19(28(20,3)4)13-22(16)30-27(35)25-24(17(2)34)23(15-33)37-32(25)14-18-8-7-9-21(29)26(18)36-11-10-31(5)6;1-6-10-34-25-17(8-7-9-20(25)28)13-30-24(23(16(3)32)22(14-31)35-30)26(33)29-21-12-18-11-19(15(21)2)27(18,4)5/h7-9,16-17,19-20,22-25,33-34H,10-15H2,1-6H3,(H,30,35);6-9,15-16,18-19,21-24,31-32H,1,10-14H2,2-5H3,(H,29,33)/t16-,17-,19+,20-,22-,23-,24+,25-;15-,16-,18+,19-,21-,22-,23+,24-/m00/s1. The summed E-state index contributed by atoms with van der Waals surface area (Å²) in [5.74, 6) is 3.36. The summed E-state index contributed by atoms with van der Waals surface area (Å²) in [6, 6.07) is 10.6. The van der Waals surface area contributed by atoms with E-state index in [1.165, 1.54) is 12.8 Å². The topological polar surface area (TPSA) is 186 Å². The van der Waals surface area contributed by atoms with Crippen LogP contribution in [0.5, 0.6) is 11.5 Å². The molecule has 6 saturated carbocycles. The predicted octanol–water partition coefficient (Wildman–Crippen LogP) is 6.41. The number of carbonyl (C=O) groups excluding carboxylic acids is 2. The van der Waals surface area contributed by atoms with Crippen molar-refractivity contribution in [3.8, 4) is 11.5 Å². The third-order valence-corrected chi connectivity index (χ3v) is 19.7. The molecule has 2 aromatic rings. The molecule has 402 valence electrons. The van der Waals surface area contributed by atoms with Gasteiger partial charge in [-0.3, -0.25) is 19.3 Å². The van der Waals surface area contributed by atoms with Crippen LogP contribution >= 0.6 is 45.2 Å². The molecule has 10 rings (SSSR count). The van der Waals surface area contributed by atoms with E-state index in [-0.39, 0.29) is 37.1 Å². The number of aliphatic hydroxyl groups is 4. The summed E-state index contributed by atoms with van der Waals surface area (Å²) in [5.41, 5.74) is 2.44. The van der Waals surface area contributed by atoms with Crippen LogP contribution in [0.25, 0.3) is 0 Å². The summed E-state index contributed by atoms with van der Waals surface area (Å²) in [5, 5.41) is 51.3. The first-order valence-corrected chi connectivity index (χ1v) is 28.3. The lowest BCUT2D eigenvalue weighted by Gasteiger charge is -2.62. The predicted molar refractivity (Wildman–Crippen MR) is 293 cm³/mol. The molecule has 8 aliphatic rings. The Hall–Kier alpha value is -2.18. The number of nitrogens with one attached hydrogen (secondary N) is 2. The van der Waals surface area contributed by atoms with Crippen molar-refractivity contribution in [1.82, 2.24) is 25.7 Å². The number of amides is 2. The first-order valence-electron chi connectivity index (χ1n) is 26.2. The van der Waals surface area contributed by atoms with Crippen molar-refractivity contribution in [2.75, 3.05) is 47.1 Å². The Morgan fingerprint density at radius 2 is 1.18 bits per heavy atom. The van der Waals surface area contributed by atoms with Crippen molar-refractivity contribution in [1.29, 1.82) is 0 Å². The Morgan fingerprint density at radius 1 is 0.764 bits per heavy atom. The van der Waals surface area contributed by atoms with Gasteiger partial charge < -0.3 is 45.4 Å². The zero-order valence-electron chi connectivity index (χ0n) is 44.1. The number of ether oxygens (including phenoxy) is 2. The first-order chi connectivity index (χ1) is 34.0. The molecule has 8 fully saturated rings. The Kier molecular flexibility index (Phi) is 19.2. The molecule has 16 atom stereocenters. The number of hydrogen-bond acceptors (Lipinski definition) is 13. The molecular formula is C55H83I2N5O10. The van der Waals surface area contributed by atoms with E-state index in [1.807, 2.05) is 50.5 Å². The lowest BCUT2D eigenvalue weighted by Crippen LogP contribution is -2.62. The van der Waals surface area contributed by atoms with Crippen LogP contribution in [0, 0.1) is 65.3 Å². The maximum atomic E-state index is 13.9. The number of nitrogens with zero attached hydrogens (tertiary/aromatic N) is 3. The first kappa shape index (κ1) is 57.5. The summed E-state index contributed by atoms with van der Waals surface area (Å²) in [6.07, 6.45) is 3.16. The number of likely N-dealkylation sites (N-methyl/N-ethyl adjacent to an activating group) is 1. The Labute approximate surface area is 455 Å². The molecule has 72 heavy (non-hydrogen) atoms. The lowest BCUT2D eigenvalue weighted by molar-refractivity contribution is -0.183. The van der Waals surface area contributed by atoms with Gasteiger partial charge in [0, 0.05) is 41.6 Å². The molecule has 15 nitrogen and oxygen atoms in total. The van der Waals surface area contributed by atoms with Gasteiger partial charge in [-0.25, -0.2) is 0 Å². The molecule has 4 bridgehead atoms. The second-order valence-electron chi connectivity index (χ2n) is 23.2. The molecule has 0 radical (unpaired) electrons. The van der Waals surface area contributed by atoms with Crippen molar-refractivity contribution in [3.05, 3.63) is 67.3 Å². The van der Waals surface area contributed by atoms with Gasteiger partial charge in [-0.1, -0.05) is 78.5 Å². The van der Waals surface area contributed by atoms with Gasteiger partial charge in [-0.15, -0.1) is 0 Å². The average molecular weight is 1230 g/mol. The van der Waals surface area contributed by atoms with Gasteiger partial charge in [-0.2, -0.15) is 10.1 Å². The SMILES string of the molecule is C=CCOc1c(I)cccc1CN1O[C@@H](CO)[C@@H]([C@H](C)O)[C@H]1C(=O)N[C@H]1C[C@H]2C[C@@H]([C@@H]1C)C2(C)C.C[C@@H]1[C@@H](NC(=O)[C@@H]2[C@H]([C@H](C)O)[C@H](CO)ON2Cc2cccc(I)c2OCCN(C)C)C[C@H]2C[C@@H]1C2(C)C. The monoisotopic (exact) mass is 1230 g/mol. The zero-order chi connectivity index (χ0) is 52.6. The van der Waals surface area contributed by atoms with E-state index in [0.717, 1.165) is 49.2 Å². The van der Waals surface area contributed by atoms with Gasteiger partial charge in [0.1, 0.15) is 49.0 Å². The molecule has 0 spiro atoms. The molecular weight excluding hydrogens is 1140 g/mol. The maximum Gasteiger partial charge on any atom is 0.240 e. The number of fused-ring (bicyclic) bond motifs is 4. The highest BCUT2D eigenvalue weighted by molar-refractivity contribution is 14.1. The second kappa shape index (κ2) is 24.0. The number of halogens is 2. The van der Waals surface area contributed by atoms with E-state index < -0.39 is 48.3 Å². The van der Waals surface area contributed by atoms with Crippen LogP contribution in [0.1, 0.15) is 92.2 Å². The molecule has 17 heteroatoms. The Bertz CT molecular complexity index is 2200. The smallest absolute Gasteiger partial charge is 0.240 e. The van der Waals surface area contributed by atoms with Gasteiger partial charge in [0.05, 0.1) is 45.7 Å². The molecule has 0 unspecified atom stereocenters. The number of aliphatic hydroxyl groups excluding tert-OH is 4. The highest BCUT2D eigenvalue weighted by atomic mass is 127. The minimum Gasteiger partial charge on any atom is -0.491 e. The quantitative estimate of drug-likeness (QED) is 0.0671. The van der Waals surface area contributed by atoms with Crippen LogP contribution < -0.4 is 20.1 Å². The third-order valence-electron chi connectivity index (χ3n) is 18.0. The second-order valence-corrected chi connectivity index (χ2v) is 25.5. The van der Waals surface area contributed by atoms with Crippen LogP contribution in [0.2, 0.25) is 0 Å². The van der Waals surface area contributed by atoms with Gasteiger partial charge in [0.25, 0.3) is 0 Å². The molecule has 0 aromatic heterocycles. The summed E-state index contributed by atoms with van der Waals surface area (Å²) in [7, 11) is 4.01. The summed E-state index contributed by atoms with van der Waals surface area (Å²) < 4.78 is 14.0. The van der Waals surface area contributed by atoms with Gasteiger partial charge in [-0.05, 0) is 157 Å². The largest absolute Gasteiger partial charge is 0.491 e. The molecule has 2 heterocycles. The van der Waals surface area contributed by atoms with Crippen molar-refractivity contribution in [3.63, 3.8) is 0 Å². The molecule has 2 amide bonds. The molecule has 2 saturated heterocycles. The van der Waals surface area contributed by atoms with E-state index in [0.29, 0.717) is 72.6 Å². The molecule has 6 aliphatic carbocycles. The lowest BCUT2D eigenvalue weighted by atomic mass is 9.45. The van der Waals surface area contributed by atoms with E-state index in [1.54, 1.807) is 30.0 Å². The third kappa shape index (κ3) is 11.9. The minimum atomic E-state index is -0.823. The van der Waals surface area contributed by atoms with E-state index in [4.69, 9.17) is 19.1 Å². The summed E-state index contributed by atoms with van der Waals surface area (Å²) in [4.78, 5) is 41.9. The van der Waals surface area contributed by atoms with E-state index in [2.05, 4.69) is 109 Å². The fourth-order valence-electron chi connectivity index (χ4n) is 13.5. The normalized spacial score (nSPS) is 34.2. The summed E-state index contributed by atoms with van der Waals surface area (Å²) >= 11 is 4.49. The van der Waals surface area contributed by atoms with Crippen molar-refractivity contribution in [2.24, 2.45) is 58.2 Å². The number of rotatable bonds is 19. The van der Waals surface area contributed by atoms with Crippen LogP contribution in [0.15, 0.2) is 49.1 Å². The fraction of sp³-hybridized carbons (Fsp3) is 0.709. The van der Waals surface area contributed by atoms with Crippen LogP contribution in [0.3, 0.4) is 0 Å². The van der Waals surface area contributed by atoms with E-state index >= 15 is 0 Å². The highest BCUT2D eigenvalue weighted by Crippen LogP contribution is 2.62. The number of hydrogen-bond donors (Lipinski definition) is 6. The molecule has 2 aromatic carbocycles. The van der Waals surface area contributed by atoms with Gasteiger partial charge >= 0.3 is 0 Å². The Balaban J connectivity index is 0.000000212. The van der Waals surface area contributed by atoms with Crippen LogP contribution in [-0.4, -0.2) is 143 Å². The number of benzene rings is 2. The average Bonchev–Trinajstić information content (AvgIpc) is 3.89. The van der Waals surface area contributed by atoms with Crippen molar-refractivity contribution in [2.45, 2.75) is 143 Å². The molecule has 2 aliphatic heterocycles. The van der Waals surface area contributed by atoms with Crippen LogP contribution in [-0.2, 0) is 32.4 Å². The number of carbonyl (C=O) groups is 2. The summed E-state index contributed by atoms with van der Waals surface area (Å²) in [6.45, 7) is 22.7. The van der Waals surface area contributed by atoms with Crippen molar-refractivity contribution < 1.29 is 49.2 Å². The van der Waals surface area contributed by atoms with Gasteiger partial charge in [0.15, 0.2) is 0 Å². The Morgan fingerprint density at radius 3 is 1.53 bits per heavy atom. The fourth-order valence-corrected chi connectivity index (χ4v) is 14.9. The molecule has 6 N–H and O–H groups in total. The van der Waals surface area contributed by atoms with Gasteiger partial charge in [0.2, 0.25) is 11.8 Å². The maximum absolute atomic E-state index is 13.9. The van der Waals surface area contributed by atoms with Crippen LogP contribution in [0.4, 0.5) is 0 Å². The number of hydroxylamine groups is 4. The zero-order valence-corrected chi connectivity index (χ0v) is 48.4.